The van der Waals surface area contributed by atoms with E-state index in [0.717, 1.165) is 21.3 Å². The molecule has 1 aromatic carbocycles. The van der Waals surface area contributed by atoms with E-state index >= 15 is 0 Å². The van der Waals surface area contributed by atoms with Crippen molar-refractivity contribution in [2.24, 2.45) is 0 Å². The van der Waals surface area contributed by atoms with Crippen LogP contribution in [0.1, 0.15) is 9.75 Å². The molecule has 0 unspecified atom stereocenters. The molecule has 2 rings (SSSR count). The Balaban J connectivity index is 1.92. The highest BCUT2D eigenvalue weighted by Gasteiger charge is 2.00. The molecular weight excluding hydrogens is 260 g/mol. The smallest absolute Gasteiger partial charge is 0.122 e. The van der Waals surface area contributed by atoms with E-state index in [9.17, 15) is 0 Å². The third-order valence-corrected chi connectivity index (χ3v) is 3.37. The van der Waals surface area contributed by atoms with Gasteiger partial charge in [-0.05, 0) is 36.4 Å². The van der Waals surface area contributed by atoms with Crippen molar-refractivity contribution in [3.8, 4) is 23.3 Å². The lowest BCUT2D eigenvalue weighted by molar-refractivity contribution is 0.309. The summed E-state index contributed by atoms with van der Waals surface area (Å²) in [5.41, 5.74) is 0. The van der Waals surface area contributed by atoms with Crippen molar-refractivity contribution < 1.29 is 14.6 Å². The quantitative estimate of drug-likeness (QED) is 0.871. The van der Waals surface area contributed by atoms with Gasteiger partial charge in [0.15, 0.2) is 0 Å². The first-order valence-electron chi connectivity index (χ1n) is 5.77. The molecule has 0 aliphatic rings. The summed E-state index contributed by atoms with van der Waals surface area (Å²) >= 11 is 1.57. The van der Waals surface area contributed by atoms with E-state index in [1.165, 1.54) is 0 Å². The minimum atomic E-state index is -0.115. The zero-order valence-electron chi connectivity index (χ0n) is 10.6. The molecule has 0 spiro atoms. The Kier molecular flexibility index (Phi) is 4.85. The van der Waals surface area contributed by atoms with Gasteiger partial charge in [0.2, 0.25) is 0 Å². The summed E-state index contributed by atoms with van der Waals surface area (Å²) in [5.74, 6) is 7.11. The van der Waals surface area contributed by atoms with Crippen molar-refractivity contribution in [3.05, 3.63) is 46.2 Å². The first-order valence-corrected chi connectivity index (χ1v) is 6.59. The van der Waals surface area contributed by atoms with Crippen LogP contribution in [0.2, 0.25) is 0 Å². The Morgan fingerprint density at radius 3 is 2.53 bits per heavy atom. The average Bonchev–Trinajstić information content (AvgIpc) is 2.91. The summed E-state index contributed by atoms with van der Waals surface area (Å²) < 4.78 is 10.8. The Bertz CT molecular complexity index is 575. The summed E-state index contributed by atoms with van der Waals surface area (Å²) in [6, 6.07) is 11.4. The predicted molar refractivity (Wildman–Crippen MR) is 75.6 cm³/mol. The normalized spacial score (nSPS) is 9.58. The first kappa shape index (κ1) is 13.5. The van der Waals surface area contributed by atoms with E-state index in [-0.39, 0.29) is 6.61 Å². The predicted octanol–water partition coefficient (Wildman–Crippen LogP) is 2.68. The molecule has 0 atom stereocenters. The Labute approximate surface area is 116 Å². The van der Waals surface area contributed by atoms with Crippen molar-refractivity contribution in [3.63, 3.8) is 0 Å². The number of methoxy groups -OCH3 is 1. The Hall–Kier alpha value is -1.96. The van der Waals surface area contributed by atoms with Crippen LogP contribution in [0.5, 0.6) is 11.5 Å². The van der Waals surface area contributed by atoms with E-state index in [1.54, 1.807) is 18.4 Å². The molecule has 98 valence electrons. The third kappa shape index (κ3) is 4.02. The van der Waals surface area contributed by atoms with Gasteiger partial charge >= 0.3 is 0 Å². The molecule has 0 fully saturated rings. The highest BCUT2D eigenvalue weighted by atomic mass is 32.1. The molecule has 0 saturated carbocycles. The van der Waals surface area contributed by atoms with E-state index < -0.39 is 0 Å². The van der Waals surface area contributed by atoms with Crippen molar-refractivity contribution >= 4 is 11.3 Å². The Morgan fingerprint density at radius 1 is 1.11 bits per heavy atom. The van der Waals surface area contributed by atoms with Gasteiger partial charge in [-0.15, -0.1) is 11.3 Å². The van der Waals surface area contributed by atoms with Gasteiger partial charge in [0.25, 0.3) is 0 Å². The summed E-state index contributed by atoms with van der Waals surface area (Å²) in [6.45, 7) is 0.396. The summed E-state index contributed by atoms with van der Waals surface area (Å²) in [6.07, 6.45) is 0. The topological polar surface area (TPSA) is 38.7 Å². The fourth-order valence-electron chi connectivity index (χ4n) is 1.48. The van der Waals surface area contributed by atoms with Gasteiger partial charge in [0.1, 0.15) is 24.7 Å². The van der Waals surface area contributed by atoms with E-state index in [1.807, 2.05) is 36.4 Å². The molecule has 1 N–H and O–H groups in total. The van der Waals surface area contributed by atoms with Crippen molar-refractivity contribution in [1.29, 1.82) is 0 Å². The minimum Gasteiger partial charge on any atom is -0.497 e. The van der Waals surface area contributed by atoms with E-state index in [0.29, 0.717) is 6.61 Å². The van der Waals surface area contributed by atoms with Gasteiger partial charge in [-0.1, -0.05) is 11.8 Å². The molecule has 19 heavy (non-hydrogen) atoms. The molecule has 3 nitrogen and oxygen atoms in total. The van der Waals surface area contributed by atoms with Gasteiger partial charge in [0.05, 0.1) is 12.0 Å². The fraction of sp³-hybridized carbons (Fsp3) is 0.200. The number of ether oxygens (including phenoxy) is 2. The van der Waals surface area contributed by atoms with Crippen LogP contribution >= 0.6 is 11.3 Å². The molecule has 0 aliphatic carbocycles. The second-order valence-electron chi connectivity index (χ2n) is 3.69. The van der Waals surface area contributed by atoms with Crippen LogP contribution in [0.3, 0.4) is 0 Å². The zero-order valence-corrected chi connectivity index (χ0v) is 11.4. The fourth-order valence-corrected chi connectivity index (χ4v) is 2.27. The molecule has 0 bridgehead atoms. The first-order chi connectivity index (χ1) is 9.31. The Morgan fingerprint density at radius 2 is 1.84 bits per heavy atom. The zero-order chi connectivity index (χ0) is 13.5. The number of hydrogen-bond acceptors (Lipinski definition) is 4. The lowest BCUT2D eigenvalue weighted by Crippen LogP contribution is -1.92. The van der Waals surface area contributed by atoms with E-state index in [2.05, 4.69) is 11.8 Å². The SMILES string of the molecule is COc1ccc(OCc2ccc(C#CCO)s2)cc1. The van der Waals surface area contributed by atoms with Gasteiger partial charge in [-0.3, -0.25) is 0 Å². The number of aliphatic hydroxyl groups is 1. The van der Waals surface area contributed by atoms with Gasteiger partial charge in [-0.2, -0.15) is 0 Å². The molecule has 0 aliphatic heterocycles. The molecular formula is C15H14O3S. The van der Waals surface area contributed by atoms with Crippen LogP contribution in [-0.2, 0) is 6.61 Å². The second-order valence-corrected chi connectivity index (χ2v) is 4.86. The van der Waals surface area contributed by atoms with Gasteiger partial charge < -0.3 is 14.6 Å². The lowest BCUT2D eigenvalue weighted by Gasteiger charge is -2.05. The van der Waals surface area contributed by atoms with Gasteiger partial charge in [0, 0.05) is 4.88 Å². The van der Waals surface area contributed by atoms with Crippen LogP contribution in [0.25, 0.3) is 0 Å². The van der Waals surface area contributed by atoms with Crippen molar-refractivity contribution in [1.82, 2.24) is 0 Å². The molecule has 1 heterocycles. The summed E-state index contributed by atoms with van der Waals surface area (Å²) in [5, 5.41) is 8.63. The highest BCUT2D eigenvalue weighted by molar-refractivity contribution is 7.12. The monoisotopic (exact) mass is 274 g/mol. The van der Waals surface area contributed by atoms with Crippen LogP contribution in [0.4, 0.5) is 0 Å². The third-order valence-electron chi connectivity index (χ3n) is 2.39. The standard InChI is InChI=1S/C15H14O3S/c1-17-12-4-6-13(7-5-12)18-11-15-9-8-14(19-15)3-2-10-16/h4-9,16H,10-11H2,1H3. The van der Waals surface area contributed by atoms with E-state index in [4.69, 9.17) is 14.6 Å². The maximum atomic E-state index is 8.63. The number of benzene rings is 1. The molecule has 1 aromatic heterocycles. The number of thiophene rings is 1. The van der Waals surface area contributed by atoms with Crippen molar-refractivity contribution in [2.45, 2.75) is 6.61 Å². The number of aliphatic hydroxyl groups excluding tert-OH is 1. The van der Waals surface area contributed by atoms with Crippen molar-refractivity contribution in [2.75, 3.05) is 13.7 Å². The summed E-state index contributed by atoms with van der Waals surface area (Å²) in [4.78, 5) is 2.03. The van der Waals surface area contributed by atoms with Crippen LogP contribution in [0, 0.1) is 11.8 Å². The highest BCUT2D eigenvalue weighted by Crippen LogP contribution is 2.20. The average molecular weight is 274 g/mol. The van der Waals surface area contributed by atoms with Crippen LogP contribution in [0.15, 0.2) is 36.4 Å². The number of rotatable bonds is 4. The van der Waals surface area contributed by atoms with Gasteiger partial charge in [-0.25, -0.2) is 0 Å². The minimum absolute atomic E-state index is 0.115. The molecule has 0 amide bonds. The number of hydrogen-bond donors (Lipinski definition) is 1. The van der Waals surface area contributed by atoms with Crippen LogP contribution < -0.4 is 9.47 Å². The molecule has 4 heteroatoms. The largest absolute Gasteiger partial charge is 0.497 e. The summed E-state index contributed by atoms with van der Waals surface area (Å²) in [7, 11) is 1.64. The second kappa shape index (κ2) is 6.83. The molecule has 0 radical (unpaired) electrons. The molecule has 2 aromatic rings. The molecule has 0 saturated heterocycles. The lowest BCUT2D eigenvalue weighted by atomic mass is 10.3. The van der Waals surface area contributed by atoms with Crippen LogP contribution in [-0.4, -0.2) is 18.8 Å². The maximum absolute atomic E-state index is 8.63. The maximum Gasteiger partial charge on any atom is 0.122 e.